The Morgan fingerprint density at radius 1 is 1.09 bits per heavy atom. The van der Waals surface area contributed by atoms with Gasteiger partial charge in [-0.05, 0) is 12.1 Å². The van der Waals surface area contributed by atoms with Gasteiger partial charge in [-0.25, -0.2) is 0 Å². The van der Waals surface area contributed by atoms with Crippen molar-refractivity contribution in [3.8, 4) is 0 Å². The molecule has 1 N–H and O–H groups in total. The maximum absolute atomic E-state index is 4.15. The van der Waals surface area contributed by atoms with Crippen molar-refractivity contribution in [3.05, 3.63) is 24.3 Å². The molecule has 0 atom stereocenters. The van der Waals surface area contributed by atoms with Crippen LogP contribution in [0.3, 0.4) is 0 Å². The summed E-state index contributed by atoms with van der Waals surface area (Å²) in [6.07, 6.45) is 3.29. The van der Waals surface area contributed by atoms with Crippen molar-refractivity contribution in [2.75, 3.05) is 5.43 Å². The van der Waals surface area contributed by atoms with Crippen LogP contribution in [0.1, 0.15) is 0 Å². The van der Waals surface area contributed by atoms with E-state index in [0.29, 0.717) is 0 Å². The zero-order valence-electron chi connectivity index (χ0n) is 5.86. The van der Waals surface area contributed by atoms with Gasteiger partial charge in [-0.3, -0.25) is 10.4 Å². The third-order valence-electron chi connectivity index (χ3n) is 1.44. The average molecular weight is 145 g/mol. The van der Waals surface area contributed by atoms with Crippen molar-refractivity contribution >= 4 is 23.8 Å². The average Bonchev–Trinajstić information content (AvgIpc) is 2.28. The Kier molecular flexibility index (Phi) is 1.41. The van der Waals surface area contributed by atoms with Crippen LogP contribution in [0.4, 0.5) is 11.4 Å². The van der Waals surface area contributed by atoms with Crippen molar-refractivity contribution in [3.63, 3.8) is 0 Å². The summed E-state index contributed by atoms with van der Waals surface area (Å²) < 4.78 is 0. The highest BCUT2D eigenvalue weighted by Gasteiger charge is 1.97. The highest BCUT2D eigenvalue weighted by Crippen LogP contribution is 2.24. The topological polar surface area (TPSA) is 36.8 Å². The second-order valence-corrected chi connectivity index (χ2v) is 2.19. The molecule has 1 aromatic carbocycles. The number of rotatable bonds is 0. The fraction of sp³-hybridized carbons (Fsp3) is 0. The van der Waals surface area contributed by atoms with E-state index in [0.717, 1.165) is 11.4 Å². The van der Waals surface area contributed by atoms with Crippen LogP contribution in [-0.2, 0) is 0 Å². The number of fused-ring (bicyclic) bond motifs is 1. The van der Waals surface area contributed by atoms with Crippen molar-refractivity contribution < 1.29 is 0 Å². The molecule has 0 aromatic heterocycles. The molecule has 0 aliphatic carbocycles. The maximum Gasteiger partial charge on any atom is 0.0880 e. The van der Waals surface area contributed by atoms with Gasteiger partial charge >= 0.3 is 0 Å². The van der Waals surface area contributed by atoms with E-state index in [-0.39, 0.29) is 0 Å². The molecule has 1 aliphatic heterocycles. The minimum atomic E-state index is 0.921. The minimum absolute atomic E-state index is 0.921. The molecule has 0 amide bonds. The molecule has 1 aromatic rings. The molecule has 0 bridgehead atoms. The summed E-state index contributed by atoms with van der Waals surface area (Å²) in [4.78, 5) is 4.15. The van der Waals surface area contributed by atoms with Gasteiger partial charge in [0.15, 0.2) is 0 Å². The second-order valence-electron chi connectivity index (χ2n) is 2.19. The van der Waals surface area contributed by atoms with Gasteiger partial charge in [0.1, 0.15) is 0 Å². The van der Waals surface area contributed by atoms with Crippen LogP contribution in [-0.4, -0.2) is 12.4 Å². The largest absolute Gasteiger partial charge is 0.276 e. The van der Waals surface area contributed by atoms with Crippen LogP contribution in [0, 0.1) is 0 Å². The van der Waals surface area contributed by atoms with E-state index in [1.165, 1.54) is 0 Å². The normalized spacial score (nSPS) is 13.5. The standard InChI is InChI=1S/C8H7N3/c1-2-4-8-7(3-1)9-5-6-10-11-8/h1-6,11H. The first kappa shape index (κ1) is 6.09. The maximum atomic E-state index is 4.15. The van der Waals surface area contributed by atoms with Gasteiger partial charge in [0.05, 0.1) is 17.6 Å². The number of para-hydroxylation sites is 2. The molecule has 1 aliphatic rings. The van der Waals surface area contributed by atoms with E-state index in [4.69, 9.17) is 0 Å². The number of nitrogens with one attached hydrogen (secondary N) is 1. The SMILES string of the molecule is C1=NNc2ccccc2N=C1. The van der Waals surface area contributed by atoms with Crippen LogP contribution < -0.4 is 5.43 Å². The Balaban J connectivity index is 2.52. The molecular weight excluding hydrogens is 138 g/mol. The number of aliphatic imine (C=N–C) groups is 1. The first-order valence-corrected chi connectivity index (χ1v) is 3.37. The number of hydrazone groups is 1. The van der Waals surface area contributed by atoms with Crippen molar-refractivity contribution in [2.45, 2.75) is 0 Å². The van der Waals surface area contributed by atoms with E-state index in [2.05, 4.69) is 15.5 Å². The van der Waals surface area contributed by atoms with Gasteiger partial charge in [-0.2, -0.15) is 5.10 Å². The summed E-state index contributed by atoms with van der Waals surface area (Å²) in [6, 6.07) is 7.77. The predicted octanol–water partition coefficient (Wildman–Crippen LogP) is 1.80. The molecule has 54 valence electrons. The van der Waals surface area contributed by atoms with Gasteiger partial charge in [0.2, 0.25) is 0 Å². The number of nitrogens with zero attached hydrogens (tertiary/aromatic N) is 2. The van der Waals surface area contributed by atoms with Crippen LogP contribution in [0.25, 0.3) is 0 Å². The zero-order chi connectivity index (χ0) is 7.52. The number of hydrogen-bond donors (Lipinski definition) is 1. The lowest BCUT2D eigenvalue weighted by atomic mass is 10.3. The summed E-state index contributed by atoms with van der Waals surface area (Å²) in [5, 5.41) is 3.89. The van der Waals surface area contributed by atoms with E-state index in [1.807, 2.05) is 24.3 Å². The van der Waals surface area contributed by atoms with E-state index in [9.17, 15) is 0 Å². The van der Waals surface area contributed by atoms with Crippen LogP contribution in [0.2, 0.25) is 0 Å². The van der Waals surface area contributed by atoms with Crippen molar-refractivity contribution in [1.29, 1.82) is 0 Å². The smallest absolute Gasteiger partial charge is 0.0880 e. The van der Waals surface area contributed by atoms with E-state index in [1.54, 1.807) is 12.4 Å². The lowest BCUT2D eigenvalue weighted by Crippen LogP contribution is -1.85. The van der Waals surface area contributed by atoms with Crippen LogP contribution in [0.5, 0.6) is 0 Å². The van der Waals surface area contributed by atoms with E-state index >= 15 is 0 Å². The Morgan fingerprint density at radius 3 is 3.00 bits per heavy atom. The molecule has 0 radical (unpaired) electrons. The monoisotopic (exact) mass is 145 g/mol. The van der Waals surface area contributed by atoms with Crippen molar-refractivity contribution in [2.24, 2.45) is 10.1 Å². The second kappa shape index (κ2) is 2.54. The molecule has 3 nitrogen and oxygen atoms in total. The molecule has 11 heavy (non-hydrogen) atoms. The molecule has 0 saturated heterocycles. The zero-order valence-corrected chi connectivity index (χ0v) is 5.86. The third kappa shape index (κ3) is 1.12. The van der Waals surface area contributed by atoms with Crippen LogP contribution >= 0.6 is 0 Å². The lowest BCUT2D eigenvalue weighted by molar-refractivity contribution is 1.36. The summed E-state index contributed by atoms with van der Waals surface area (Å²) in [5.41, 5.74) is 4.73. The fourth-order valence-electron chi connectivity index (χ4n) is 0.935. The Bertz CT molecular complexity index is 315. The Hall–Kier alpha value is -1.64. The summed E-state index contributed by atoms with van der Waals surface area (Å²) in [6.45, 7) is 0. The molecule has 1 heterocycles. The number of hydrogen-bond acceptors (Lipinski definition) is 3. The minimum Gasteiger partial charge on any atom is -0.276 e. The highest BCUT2D eigenvalue weighted by molar-refractivity contribution is 6.17. The predicted molar refractivity (Wildman–Crippen MR) is 46.7 cm³/mol. The lowest BCUT2D eigenvalue weighted by Gasteiger charge is -1.99. The van der Waals surface area contributed by atoms with Gasteiger partial charge < -0.3 is 0 Å². The number of benzene rings is 1. The summed E-state index contributed by atoms with van der Waals surface area (Å²) in [7, 11) is 0. The van der Waals surface area contributed by atoms with E-state index < -0.39 is 0 Å². The first-order valence-electron chi connectivity index (χ1n) is 3.37. The van der Waals surface area contributed by atoms with Gasteiger partial charge in [-0.15, -0.1) is 0 Å². The highest BCUT2D eigenvalue weighted by atomic mass is 15.3. The Morgan fingerprint density at radius 2 is 2.00 bits per heavy atom. The third-order valence-corrected chi connectivity index (χ3v) is 1.44. The van der Waals surface area contributed by atoms with Gasteiger partial charge in [0, 0.05) is 6.21 Å². The molecule has 0 unspecified atom stereocenters. The molecule has 0 spiro atoms. The first-order chi connectivity index (χ1) is 5.47. The molecule has 2 rings (SSSR count). The molecule has 0 fully saturated rings. The summed E-state index contributed by atoms with van der Waals surface area (Å²) in [5.74, 6) is 0. The van der Waals surface area contributed by atoms with Gasteiger partial charge in [0.25, 0.3) is 0 Å². The molecular formula is C8H7N3. The fourth-order valence-corrected chi connectivity index (χ4v) is 0.935. The molecule has 0 saturated carbocycles. The quantitative estimate of drug-likeness (QED) is 0.593. The van der Waals surface area contributed by atoms with Gasteiger partial charge in [-0.1, -0.05) is 12.1 Å². The van der Waals surface area contributed by atoms with Crippen LogP contribution in [0.15, 0.2) is 34.4 Å². The van der Waals surface area contributed by atoms with Crippen molar-refractivity contribution in [1.82, 2.24) is 0 Å². The Labute approximate surface area is 64.5 Å². The summed E-state index contributed by atoms with van der Waals surface area (Å²) >= 11 is 0. The molecule has 3 heteroatoms. The number of anilines is 1.